The van der Waals surface area contributed by atoms with Crippen LogP contribution < -0.4 is 0 Å². The van der Waals surface area contributed by atoms with Gasteiger partial charge in [0, 0.05) is 19.5 Å². The predicted octanol–water partition coefficient (Wildman–Crippen LogP) is 1.25. The fraction of sp³-hybridized carbons (Fsp3) is 0.929. The van der Waals surface area contributed by atoms with Gasteiger partial charge in [0.25, 0.3) is 0 Å². The Morgan fingerprint density at radius 3 is 2.78 bits per heavy atom. The number of likely N-dealkylation sites (tertiary alicyclic amines) is 2. The van der Waals surface area contributed by atoms with E-state index in [2.05, 4.69) is 11.8 Å². The molecule has 3 rings (SSSR count). The second kappa shape index (κ2) is 4.49. The molecule has 4 nitrogen and oxygen atoms in total. The number of rotatable bonds is 1. The molecule has 4 heteroatoms. The molecule has 0 unspecified atom stereocenters. The molecule has 102 valence electrons. The molecule has 0 aliphatic carbocycles. The van der Waals surface area contributed by atoms with Crippen LogP contribution in [-0.2, 0) is 9.53 Å². The van der Waals surface area contributed by atoms with Crippen LogP contribution in [-0.4, -0.2) is 60.1 Å². The summed E-state index contributed by atoms with van der Waals surface area (Å²) in [6.45, 7) is 5.22. The molecule has 0 aromatic rings. The summed E-state index contributed by atoms with van der Waals surface area (Å²) in [6.07, 6.45) is 5.36. The number of piperidine rings is 1. The van der Waals surface area contributed by atoms with Crippen molar-refractivity contribution in [3.05, 3.63) is 0 Å². The van der Waals surface area contributed by atoms with E-state index in [0.29, 0.717) is 24.4 Å². The van der Waals surface area contributed by atoms with Crippen molar-refractivity contribution in [3.8, 4) is 0 Å². The number of hydrogen-bond donors (Lipinski definition) is 0. The zero-order valence-corrected chi connectivity index (χ0v) is 11.5. The first-order valence-corrected chi connectivity index (χ1v) is 7.23. The Bertz CT molecular complexity index is 343. The van der Waals surface area contributed by atoms with Crippen molar-refractivity contribution in [1.82, 2.24) is 9.80 Å². The van der Waals surface area contributed by atoms with Crippen LogP contribution in [0.4, 0.5) is 0 Å². The van der Waals surface area contributed by atoms with Crippen LogP contribution in [0.15, 0.2) is 0 Å². The highest BCUT2D eigenvalue weighted by Crippen LogP contribution is 2.39. The molecule has 0 bridgehead atoms. The van der Waals surface area contributed by atoms with Gasteiger partial charge in [-0.3, -0.25) is 9.69 Å². The summed E-state index contributed by atoms with van der Waals surface area (Å²) in [4.78, 5) is 16.7. The SMILES string of the molecule is CN1C(=O)CC[C@H]2N(C3COC3)CCCC[C@]21C. The molecule has 3 fully saturated rings. The largest absolute Gasteiger partial charge is 0.378 e. The van der Waals surface area contributed by atoms with E-state index >= 15 is 0 Å². The lowest BCUT2D eigenvalue weighted by Gasteiger charge is -2.54. The van der Waals surface area contributed by atoms with E-state index in [1.807, 2.05) is 11.9 Å². The summed E-state index contributed by atoms with van der Waals surface area (Å²) in [6, 6.07) is 1.12. The van der Waals surface area contributed by atoms with Crippen LogP contribution in [0.2, 0.25) is 0 Å². The maximum absolute atomic E-state index is 12.0. The van der Waals surface area contributed by atoms with Gasteiger partial charge in [0.2, 0.25) is 5.91 Å². The fourth-order valence-corrected chi connectivity index (χ4v) is 3.89. The summed E-state index contributed by atoms with van der Waals surface area (Å²) in [7, 11) is 2.00. The molecule has 0 aromatic carbocycles. The monoisotopic (exact) mass is 252 g/mol. The Kier molecular flexibility index (Phi) is 3.10. The molecule has 18 heavy (non-hydrogen) atoms. The van der Waals surface area contributed by atoms with Crippen LogP contribution in [0, 0.1) is 0 Å². The normalized spacial score (nSPS) is 39.1. The van der Waals surface area contributed by atoms with Crippen LogP contribution >= 0.6 is 0 Å². The smallest absolute Gasteiger partial charge is 0.222 e. The second-order valence-corrected chi connectivity index (χ2v) is 6.25. The molecule has 2 atom stereocenters. The summed E-state index contributed by atoms with van der Waals surface area (Å²) in [5.74, 6) is 0.320. The fourth-order valence-electron chi connectivity index (χ4n) is 3.89. The molecule has 0 saturated carbocycles. The standard InChI is InChI=1S/C14H24N2O2/c1-14-7-3-4-8-16(11-9-18-10-11)12(14)5-6-13(17)15(14)2/h11-12H,3-10H2,1-2H3/t12-,14-/m1/s1. The van der Waals surface area contributed by atoms with Crippen molar-refractivity contribution in [2.45, 2.75) is 56.7 Å². The lowest BCUT2D eigenvalue weighted by atomic mass is 9.79. The number of likely N-dealkylation sites (N-methyl/N-ethyl adjacent to an activating group) is 1. The van der Waals surface area contributed by atoms with Gasteiger partial charge < -0.3 is 9.64 Å². The van der Waals surface area contributed by atoms with E-state index in [9.17, 15) is 4.79 Å². The zero-order chi connectivity index (χ0) is 12.8. The molecule has 0 spiro atoms. The van der Waals surface area contributed by atoms with E-state index in [1.54, 1.807) is 0 Å². The molecule has 1 amide bonds. The van der Waals surface area contributed by atoms with Gasteiger partial charge in [-0.2, -0.15) is 0 Å². The molecule has 0 aromatic heterocycles. The first-order valence-electron chi connectivity index (χ1n) is 7.23. The molecule has 3 heterocycles. The molecular formula is C14H24N2O2. The highest BCUT2D eigenvalue weighted by molar-refractivity contribution is 5.78. The maximum atomic E-state index is 12.0. The lowest BCUT2D eigenvalue weighted by Crippen LogP contribution is -2.66. The van der Waals surface area contributed by atoms with Gasteiger partial charge in [0.05, 0.1) is 24.8 Å². The molecular weight excluding hydrogens is 228 g/mol. The average molecular weight is 252 g/mol. The Morgan fingerprint density at radius 1 is 1.33 bits per heavy atom. The van der Waals surface area contributed by atoms with Crippen molar-refractivity contribution < 1.29 is 9.53 Å². The van der Waals surface area contributed by atoms with Crippen molar-refractivity contribution in [2.24, 2.45) is 0 Å². The highest BCUT2D eigenvalue weighted by atomic mass is 16.5. The Labute approximate surface area is 109 Å². The van der Waals surface area contributed by atoms with Crippen molar-refractivity contribution in [2.75, 3.05) is 26.8 Å². The minimum absolute atomic E-state index is 0.0292. The van der Waals surface area contributed by atoms with Crippen molar-refractivity contribution in [3.63, 3.8) is 0 Å². The Balaban J connectivity index is 1.87. The van der Waals surface area contributed by atoms with Gasteiger partial charge in [-0.15, -0.1) is 0 Å². The second-order valence-electron chi connectivity index (χ2n) is 6.25. The number of carbonyl (C=O) groups is 1. The van der Waals surface area contributed by atoms with Crippen molar-refractivity contribution in [1.29, 1.82) is 0 Å². The average Bonchev–Trinajstić information content (AvgIpc) is 2.44. The summed E-state index contributed by atoms with van der Waals surface area (Å²) < 4.78 is 5.37. The van der Waals surface area contributed by atoms with Crippen LogP contribution in [0.1, 0.15) is 39.0 Å². The topological polar surface area (TPSA) is 32.8 Å². The van der Waals surface area contributed by atoms with Gasteiger partial charge >= 0.3 is 0 Å². The number of ether oxygens (including phenoxy) is 1. The molecule has 3 aliphatic rings. The minimum Gasteiger partial charge on any atom is -0.378 e. The molecule has 3 aliphatic heterocycles. The number of hydrogen-bond acceptors (Lipinski definition) is 3. The van der Waals surface area contributed by atoms with Crippen molar-refractivity contribution >= 4 is 5.91 Å². The van der Waals surface area contributed by atoms with Crippen LogP contribution in [0.25, 0.3) is 0 Å². The van der Waals surface area contributed by atoms with E-state index in [-0.39, 0.29) is 5.54 Å². The maximum Gasteiger partial charge on any atom is 0.222 e. The number of fused-ring (bicyclic) bond motifs is 1. The molecule has 3 saturated heterocycles. The van der Waals surface area contributed by atoms with E-state index < -0.39 is 0 Å². The lowest BCUT2D eigenvalue weighted by molar-refractivity contribution is -0.150. The van der Waals surface area contributed by atoms with Crippen LogP contribution in [0.3, 0.4) is 0 Å². The number of nitrogens with zero attached hydrogens (tertiary/aromatic N) is 2. The third kappa shape index (κ3) is 1.77. The number of amides is 1. The van der Waals surface area contributed by atoms with E-state index in [4.69, 9.17) is 4.74 Å². The predicted molar refractivity (Wildman–Crippen MR) is 69.4 cm³/mol. The third-order valence-electron chi connectivity index (χ3n) is 5.33. The minimum atomic E-state index is 0.0292. The first-order chi connectivity index (χ1) is 8.63. The van der Waals surface area contributed by atoms with Gasteiger partial charge in [-0.25, -0.2) is 0 Å². The number of carbonyl (C=O) groups excluding carboxylic acids is 1. The summed E-state index contributed by atoms with van der Waals surface area (Å²) in [5.41, 5.74) is 0.0292. The van der Waals surface area contributed by atoms with Crippen LogP contribution in [0.5, 0.6) is 0 Å². The highest BCUT2D eigenvalue weighted by Gasteiger charge is 2.49. The zero-order valence-electron chi connectivity index (χ0n) is 11.5. The third-order valence-corrected chi connectivity index (χ3v) is 5.33. The van der Waals surface area contributed by atoms with E-state index in [1.165, 1.54) is 19.4 Å². The van der Waals surface area contributed by atoms with Gasteiger partial charge in [-0.1, -0.05) is 0 Å². The summed E-state index contributed by atoms with van der Waals surface area (Å²) >= 11 is 0. The van der Waals surface area contributed by atoms with E-state index in [0.717, 1.165) is 26.1 Å². The summed E-state index contributed by atoms with van der Waals surface area (Å²) in [5, 5.41) is 0. The Morgan fingerprint density at radius 2 is 2.11 bits per heavy atom. The molecule has 0 N–H and O–H groups in total. The first kappa shape index (κ1) is 12.4. The quantitative estimate of drug-likeness (QED) is 0.704. The van der Waals surface area contributed by atoms with Gasteiger partial charge in [0.1, 0.15) is 0 Å². The molecule has 0 radical (unpaired) electrons. The van der Waals surface area contributed by atoms with Gasteiger partial charge in [0.15, 0.2) is 0 Å². The Hall–Kier alpha value is -0.610. The van der Waals surface area contributed by atoms with Gasteiger partial charge in [-0.05, 0) is 39.2 Å².